The van der Waals surface area contributed by atoms with Gasteiger partial charge in [0.1, 0.15) is 5.82 Å². The molecule has 78 valence electrons. The molecule has 1 N–H and O–H groups in total. The van der Waals surface area contributed by atoms with Crippen molar-refractivity contribution in [2.75, 3.05) is 6.61 Å². The van der Waals surface area contributed by atoms with Crippen molar-refractivity contribution < 1.29 is 5.11 Å². The molecule has 0 saturated carbocycles. The van der Waals surface area contributed by atoms with E-state index in [1.807, 2.05) is 6.20 Å². The third-order valence-corrected chi connectivity index (χ3v) is 3.01. The zero-order chi connectivity index (χ0) is 10.1. The maximum Gasteiger partial charge on any atom is 0.111 e. The fourth-order valence-corrected chi connectivity index (χ4v) is 2.26. The van der Waals surface area contributed by atoms with Crippen molar-refractivity contribution in [1.29, 1.82) is 0 Å². The summed E-state index contributed by atoms with van der Waals surface area (Å²) in [6.45, 7) is 5.65. The second-order valence-corrected chi connectivity index (χ2v) is 4.37. The van der Waals surface area contributed by atoms with Gasteiger partial charge in [0.25, 0.3) is 0 Å². The molecule has 0 spiro atoms. The smallest absolute Gasteiger partial charge is 0.111 e. The molecule has 1 aliphatic heterocycles. The lowest BCUT2D eigenvalue weighted by molar-refractivity contribution is 0.240. The Kier molecular flexibility index (Phi) is 2.59. The molecule has 1 aromatic heterocycles. The Bertz CT molecular complexity index is 317. The van der Waals surface area contributed by atoms with Crippen LogP contribution >= 0.6 is 0 Å². The highest BCUT2D eigenvalue weighted by molar-refractivity contribution is 5.15. The number of hydrogen-bond acceptors (Lipinski definition) is 2. The van der Waals surface area contributed by atoms with E-state index in [-0.39, 0.29) is 6.61 Å². The van der Waals surface area contributed by atoms with Crippen LogP contribution in [-0.2, 0) is 6.54 Å². The molecule has 0 saturated heterocycles. The minimum Gasteiger partial charge on any atom is -0.396 e. The zero-order valence-corrected chi connectivity index (χ0v) is 8.90. The topological polar surface area (TPSA) is 38.0 Å². The van der Waals surface area contributed by atoms with Gasteiger partial charge in [-0.15, -0.1) is 0 Å². The van der Waals surface area contributed by atoms with Gasteiger partial charge in [0.15, 0.2) is 0 Å². The van der Waals surface area contributed by atoms with Crippen LogP contribution in [0.15, 0.2) is 6.20 Å². The van der Waals surface area contributed by atoms with E-state index >= 15 is 0 Å². The molecule has 0 fully saturated rings. The van der Waals surface area contributed by atoms with Crippen LogP contribution in [0.2, 0.25) is 0 Å². The van der Waals surface area contributed by atoms with E-state index in [4.69, 9.17) is 0 Å². The van der Waals surface area contributed by atoms with Crippen LogP contribution in [-0.4, -0.2) is 21.3 Å². The van der Waals surface area contributed by atoms with E-state index < -0.39 is 0 Å². The maximum absolute atomic E-state index is 9.24. The van der Waals surface area contributed by atoms with Crippen LogP contribution in [0.5, 0.6) is 0 Å². The van der Waals surface area contributed by atoms with Crippen molar-refractivity contribution in [1.82, 2.24) is 9.55 Å². The molecular weight excluding hydrogens is 176 g/mol. The number of aliphatic hydroxyl groups is 1. The standard InChI is InChI=1S/C11H18N2O/c1-8(2)11-12-6-10-9(7-14)4-3-5-13(10)11/h6,8-9,14H,3-5,7H2,1-2H3. The number of aromatic nitrogens is 2. The minimum absolute atomic E-state index is 0.253. The second kappa shape index (κ2) is 3.73. The Hall–Kier alpha value is -0.830. The molecule has 14 heavy (non-hydrogen) atoms. The molecule has 1 aromatic rings. The minimum atomic E-state index is 0.253. The molecule has 2 heterocycles. The van der Waals surface area contributed by atoms with Crippen molar-refractivity contribution in [3.63, 3.8) is 0 Å². The maximum atomic E-state index is 9.24. The van der Waals surface area contributed by atoms with Gasteiger partial charge >= 0.3 is 0 Å². The van der Waals surface area contributed by atoms with Gasteiger partial charge in [-0.1, -0.05) is 13.8 Å². The summed E-state index contributed by atoms with van der Waals surface area (Å²) < 4.78 is 2.29. The molecule has 0 aromatic carbocycles. The molecule has 1 atom stereocenters. The third-order valence-electron chi connectivity index (χ3n) is 3.01. The van der Waals surface area contributed by atoms with E-state index in [0.717, 1.165) is 25.2 Å². The number of hydrogen-bond donors (Lipinski definition) is 1. The van der Waals surface area contributed by atoms with Gasteiger partial charge in [-0.3, -0.25) is 0 Å². The summed E-state index contributed by atoms with van der Waals surface area (Å²) in [5.74, 6) is 1.95. The first-order valence-electron chi connectivity index (χ1n) is 5.40. The Morgan fingerprint density at radius 2 is 2.43 bits per heavy atom. The van der Waals surface area contributed by atoms with E-state index in [1.54, 1.807) is 0 Å². The Morgan fingerprint density at radius 3 is 3.07 bits per heavy atom. The summed E-state index contributed by atoms with van der Waals surface area (Å²) in [5.41, 5.74) is 1.22. The fourth-order valence-electron chi connectivity index (χ4n) is 2.26. The zero-order valence-electron chi connectivity index (χ0n) is 8.90. The first-order valence-corrected chi connectivity index (χ1v) is 5.40. The summed E-state index contributed by atoms with van der Waals surface area (Å²) in [6, 6.07) is 0. The highest BCUT2D eigenvalue weighted by atomic mass is 16.3. The molecule has 0 bridgehead atoms. The van der Waals surface area contributed by atoms with E-state index in [9.17, 15) is 5.11 Å². The highest BCUT2D eigenvalue weighted by Crippen LogP contribution is 2.29. The first kappa shape index (κ1) is 9.71. The second-order valence-electron chi connectivity index (χ2n) is 4.37. The lowest BCUT2D eigenvalue weighted by atomic mass is 9.97. The van der Waals surface area contributed by atoms with E-state index in [2.05, 4.69) is 23.4 Å². The SMILES string of the molecule is CC(C)c1ncc2n1CCCC2CO. The van der Waals surface area contributed by atoms with Crippen molar-refractivity contribution in [3.8, 4) is 0 Å². The average molecular weight is 194 g/mol. The van der Waals surface area contributed by atoms with Gasteiger partial charge < -0.3 is 9.67 Å². The monoisotopic (exact) mass is 194 g/mol. The van der Waals surface area contributed by atoms with Crippen LogP contribution in [0, 0.1) is 0 Å². The van der Waals surface area contributed by atoms with Gasteiger partial charge in [-0.05, 0) is 12.8 Å². The largest absolute Gasteiger partial charge is 0.396 e. The van der Waals surface area contributed by atoms with Gasteiger partial charge in [-0.2, -0.15) is 0 Å². The molecule has 2 rings (SSSR count). The van der Waals surface area contributed by atoms with Crippen molar-refractivity contribution >= 4 is 0 Å². The highest BCUT2D eigenvalue weighted by Gasteiger charge is 2.23. The summed E-state index contributed by atoms with van der Waals surface area (Å²) in [4.78, 5) is 4.45. The molecular formula is C11H18N2O. The third kappa shape index (κ3) is 1.46. The van der Waals surface area contributed by atoms with E-state index in [1.165, 1.54) is 5.69 Å². The summed E-state index contributed by atoms with van der Waals surface area (Å²) >= 11 is 0. The molecule has 1 unspecified atom stereocenters. The number of aliphatic hydroxyl groups excluding tert-OH is 1. The van der Waals surface area contributed by atoms with Gasteiger partial charge in [0.2, 0.25) is 0 Å². The Labute approximate surface area is 84.8 Å². The van der Waals surface area contributed by atoms with Gasteiger partial charge in [0, 0.05) is 30.3 Å². The molecule has 3 heteroatoms. The first-order chi connectivity index (χ1) is 6.74. The Balaban J connectivity index is 2.37. The summed E-state index contributed by atoms with van der Waals surface area (Å²) in [5, 5.41) is 9.24. The molecule has 1 aliphatic rings. The predicted molar refractivity (Wildman–Crippen MR) is 55.4 cm³/mol. The van der Waals surface area contributed by atoms with Crippen molar-refractivity contribution in [3.05, 3.63) is 17.7 Å². The van der Waals surface area contributed by atoms with Gasteiger partial charge in [-0.25, -0.2) is 4.98 Å². The fraction of sp³-hybridized carbons (Fsp3) is 0.727. The van der Waals surface area contributed by atoms with E-state index in [0.29, 0.717) is 11.8 Å². The van der Waals surface area contributed by atoms with Gasteiger partial charge in [0.05, 0.1) is 6.61 Å². The summed E-state index contributed by atoms with van der Waals surface area (Å²) in [7, 11) is 0. The molecule has 0 aliphatic carbocycles. The average Bonchev–Trinajstić information content (AvgIpc) is 2.60. The van der Waals surface area contributed by atoms with Crippen molar-refractivity contribution in [2.24, 2.45) is 0 Å². The number of nitrogens with zero attached hydrogens (tertiary/aromatic N) is 2. The normalized spacial score (nSPS) is 21.3. The van der Waals surface area contributed by atoms with Crippen LogP contribution in [0.3, 0.4) is 0 Å². The van der Waals surface area contributed by atoms with Crippen LogP contribution in [0.1, 0.15) is 50.0 Å². The lowest BCUT2D eigenvalue weighted by Crippen LogP contribution is -2.19. The number of imidazole rings is 1. The number of rotatable bonds is 2. The lowest BCUT2D eigenvalue weighted by Gasteiger charge is -2.24. The predicted octanol–water partition coefficient (Wildman–Crippen LogP) is 1.88. The molecule has 0 amide bonds. The Morgan fingerprint density at radius 1 is 1.64 bits per heavy atom. The van der Waals surface area contributed by atoms with Crippen LogP contribution in [0.4, 0.5) is 0 Å². The number of fused-ring (bicyclic) bond motifs is 1. The van der Waals surface area contributed by atoms with Crippen LogP contribution in [0.25, 0.3) is 0 Å². The van der Waals surface area contributed by atoms with Crippen molar-refractivity contribution in [2.45, 2.75) is 45.1 Å². The summed E-state index contributed by atoms with van der Waals surface area (Å²) in [6.07, 6.45) is 4.20. The van der Waals surface area contributed by atoms with Crippen LogP contribution < -0.4 is 0 Å². The molecule has 0 radical (unpaired) electrons. The molecule has 3 nitrogen and oxygen atoms in total. The quantitative estimate of drug-likeness (QED) is 0.780.